The van der Waals surface area contributed by atoms with Gasteiger partial charge in [0, 0.05) is 37.8 Å². The van der Waals surface area contributed by atoms with Crippen LogP contribution in [0.3, 0.4) is 0 Å². The van der Waals surface area contributed by atoms with Crippen molar-refractivity contribution in [1.82, 2.24) is 34.2 Å². The van der Waals surface area contributed by atoms with Gasteiger partial charge in [0.25, 0.3) is 0 Å². The number of hydrogen-bond donors (Lipinski definition) is 0. The van der Waals surface area contributed by atoms with Gasteiger partial charge in [0.15, 0.2) is 6.23 Å². The highest BCUT2D eigenvalue weighted by Crippen LogP contribution is 2.41. The Bertz CT molecular complexity index is 1910. The van der Waals surface area contributed by atoms with E-state index in [0.717, 1.165) is 68.6 Å². The molecule has 4 heterocycles. The number of aromatic nitrogens is 6. The Balaban J connectivity index is 1.44. The Morgan fingerprint density at radius 2 is 1.83 bits per heavy atom. The highest BCUT2D eigenvalue weighted by atomic mass is 127. The van der Waals surface area contributed by atoms with E-state index in [2.05, 4.69) is 115 Å². The number of methoxy groups -OCH3 is 1. The van der Waals surface area contributed by atoms with Crippen molar-refractivity contribution in [1.29, 1.82) is 0 Å². The van der Waals surface area contributed by atoms with E-state index in [9.17, 15) is 4.79 Å². The summed E-state index contributed by atoms with van der Waals surface area (Å²) in [4.78, 5) is 14.1. The number of likely N-dealkylation sites (N-methyl/N-ethyl adjacent to an activating group) is 1. The largest absolute Gasteiger partial charge is 0.473 e. The van der Waals surface area contributed by atoms with Crippen LogP contribution in [0.1, 0.15) is 91.0 Å². The summed E-state index contributed by atoms with van der Waals surface area (Å²) in [6.45, 7) is 20.2. The van der Waals surface area contributed by atoms with Crippen molar-refractivity contribution in [2.45, 2.75) is 117 Å². The zero-order valence-electron chi connectivity index (χ0n) is 32.8. The first kappa shape index (κ1) is 40.0. The Hall–Kier alpha value is -3.19. The minimum Gasteiger partial charge on any atom is -0.473 e. The fourth-order valence-electron chi connectivity index (χ4n) is 7.92. The van der Waals surface area contributed by atoms with Crippen LogP contribution in [0.2, 0.25) is 16.6 Å². The van der Waals surface area contributed by atoms with Crippen molar-refractivity contribution in [3.8, 4) is 28.5 Å². The molecule has 0 N–H and O–H groups in total. The van der Waals surface area contributed by atoms with E-state index in [1.165, 1.54) is 7.11 Å². The summed E-state index contributed by atoms with van der Waals surface area (Å²) in [7, 11) is 3.37. The minimum atomic E-state index is -1.98. The van der Waals surface area contributed by atoms with Crippen molar-refractivity contribution < 1.29 is 19.0 Å². The molecule has 1 fully saturated rings. The van der Waals surface area contributed by atoms with Crippen LogP contribution in [0.5, 0.6) is 5.88 Å². The molecular formula is C39H56IN7O4Si. The van der Waals surface area contributed by atoms with Crippen LogP contribution in [0.25, 0.3) is 22.0 Å². The van der Waals surface area contributed by atoms with Crippen LogP contribution < -0.4 is 4.74 Å². The van der Waals surface area contributed by atoms with Gasteiger partial charge in [-0.05, 0) is 97.1 Å². The predicted octanol–water partition coefficient (Wildman–Crippen LogP) is 7.89. The van der Waals surface area contributed by atoms with Gasteiger partial charge >= 0.3 is 5.97 Å². The minimum absolute atomic E-state index is 0.0934. The summed E-state index contributed by atoms with van der Waals surface area (Å²) >= 11 is 2.30. The van der Waals surface area contributed by atoms with Gasteiger partial charge in [0.1, 0.15) is 26.4 Å². The lowest BCUT2D eigenvalue weighted by molar-refractivity contribution is -0.141. The lowest BCUT2D eigenvalue weighted by atomic mass is 10.1. The average molecular weight is 842 g/mol. The highest BCUT2D eigenvalue weighted by molar-refractivity contribution is 14.1. The number of benzene rings is 1. The summed E-state index contributed by atoms with van der Waals surface area (Å²) in [5.74, 6) is 4.04. The van der Waals surface area contributed by atoms with Crippen LogP contribution in [0.4, 0.5) is 0 Å². The van der Waals surface area contributed by atoms with Gasteiger partial charge in [-0.2, -0.15) is 15.3 Å². The summed E-state index contributed by atoms with van der Waals surface area (Å²) in [5.41, 5.74) is 11.1. The number of aryl methyl sites for hydroxylation is 1. The van der Waals surface area contributed by atoms with Crippen LogP contribution in [0, 0.1) is 22.0 Å². The van der Waals surface area contributed by atoms with Gasteiger partial charge in [0.2, 0.25) is 5.88 Å². The maximum absolute atomic E-state index is 11.9. The lowest BCUT2D eigenvalue weighted by Gasteiger charge is -2.38. The maximum Gasteiger partial charge on any atom is 0.327 e. The fraction of sp³-hybridized carbons (Fsp3) is 0.590. The third-order valence-corrected chi connectivity index (χ3v) is 18.3. The molecular weight excluding hydrogens is 785 g/mol. The SMILES string of the molecule is COC(=O)Cn1nc(CN(C)CC(C)Oc2c(-c3ccc4c(c3)c(C#C[Si](C(C)C)(C(C)C)C(C)C)nn4C3CCCCO3)cnn2C)c(I)c1C. The zero-order valence-corrected chi connectivity index (χ0v) is 35.9. The molecule has 5 rings (SSSR count). The molecule has 11 nitrogen and oxygen atoms in total. The first-order chi connectivity index (χ1) is 24.7. The van der Waals surface area contributed by atoms with Crippen molar-refractivity contribution >= 4 is 47.5 Å². The first-order valence-corrected chi connectivity index (χ1v) is 21.8. The number of halogens is 1. The summed E-state index contributed by atoms with van der Waals surface area (Å²) in [6, 6.07) is 6.48. The van der Waals surface area contributed by atoms with E-state index in [1.807, 2.05) is 27.2 Å². The summed E-state index contributed by atoms with van der Waals surface area (Å²) < 4.78 is 24.3. The first-order valence-electron chi connectivity index (χ1n) is 18.5. The van der Waals surface area contributed by atoms with Crippen LogP contribution in [0.15, 0.2) is 24.4 Å². The molecule has 1 aromatic carbocycles. The summed E-state index contributed by atoms with van der Waals surface area (Å²) in [5, 5.41) is 15.5. The number of nitrogens with zero attached hydrogens (tertiary/aromatic N) is 7. The van der Waals surface area contributed by atoms with E-state index in [-0.39, 0.29) is 24.8 Å². The van der Waals surface area contributed by atoms with Gasteiger partial charge < -0.3 is 14.2 Å². The number of hydrogen-bond acceptors (Lipinski definition) is 8. The Labute approximate surface area is 323 Å². The normalized spacial score (nSPS) is 15.9. The van der Waals surface area contributed by atoms with Gasteiger partial charge in [-0.25, -0.2) is 9.36 Å². The highest BCUT2D eigenvalue weighted by Gasteiger charge is 2.42. The average Bonchev–Trinajstić information content (AvgIpc) is 3.73. The number of carbonyl (C=O) groups excluding carboxylic acids is 1. The van der Waals surface area contributed by atoms with Crippen LogP contribution in [-0.2, 0) is 34.4 Å². The van der Waals surface area contributed by atoms with Crippen molar-refractivity contribution in [3.63, 3.8) is 0 Å². The van der Waals surface area contributed by atoms with E-state index >= 15 is 0 Å². The van der Waals surface area contributed by atoms with Gasteiger partial charge in [-0.3, -0.25) is 14.4 Å². The molecule has 0 spiro atoms. The Morgan fingerprint density at radius 1 is 1.12 bits per heavy atom. The Kier molecular flexibility index (Phi) is 13.0. The number of fused-ring (bicyclic) bond motifs is 1. The maximum atomic E-state index is 11.9. The molecule has 0 radical (unpaired) electrons. The summed E-state index contributed by atoms with van der Waals surface area (Å²) in [6.07, 6.45) is 4.78. The third kappa shape index (κ3) is 8.30. The smallest absolute Gasteiger partial charge is 0.327 e. The molecule has 0 saturated carbocycles. The zero-order chi connectivity index (χ0) is 37.9. The predicted molar refractivity (Wildman–Crippen MR) is 217 cm³/mol. The van der Waals surface area contributed by atoms with E-state index < -0.39 is 8.07 Å². The topological polar surface area (TPSA) is 101 Å². The van der Waals surface area contributed by atoms with Gasteiger partial charge in [-0.15, -0.1) is 5.54 Å². The van der Waals surface area contributed by atoms with Crippen LogP contribution in [-0.4, -0.2) is 81.7 Å². The fourth-order valence-corrected chi connectivity index (χ4v) is 13.7. The molecule has 1 saturated heterocycles. The van der Waals surface area contributed by atoms with Gasteiger partial charge in [0.05, 0.1) is 33.7 Å². The van der Waals surface area contributed by atoms with Crippen molar-refractivity contribution in [2.24, 2.45) is 7.05 Å². The van der Waals surface area contributed by atoms with Crippen molar-refractivity contribution in [2.75, 3.05) is 27.3 Å². The quantitative estimate of drug-likeness (QED) is 0.0581. The van der Waals surface area contributed by atoms with E-state index in [4.69, 9.17) is 24.4 Å². The second-order valence-electron chi connectivity index (χ2n) is 15.2. The van der Waals surface area contributed by atoms with Crippen LogP contribution >= 0.6 is 22.6 Å². The molecule has 0 amide bonds. The molecule has 4 aromatic rings. The standard InChI is InChI=1S/C39H56IN7O4Si/c1-25(2)52(26(3)4,27(5)6)19-17-33-31-20-30(15-16-35(31)47(43-33)36-14-12-13-18-50-36)32-21-41-45(10)39(32)51-28(7)22-44(9)23-34-38(40)29(8)46(42-34)24-37(48)49-11/h15-16,20-21,25-28,36H,12-14,18,22-24H2,1-11H3. The number of carbonyl (C=O) groups is 1. The molecule has 0 bridgehead atoms. The molecule has 1 aliphatic heterocycles. The van der Waals surface area contributed by atoms with Crippen molar-refractivity contribution in [3.05, 3.63) is 45.0 Å². The molecule has 282 valence electrons. The number of rotatable bonds is 13. The Morgan fingerprint density at radius 3 is 2.46 bits per heavy atom. The number of esters is 1. The monoisotopic (exact) mass is 841 g/mol. The lowest BCUT2D eigenvalue weighted by Crippen LogP contribution is -2.43. The second kappa shape index (κ2) is 16.9. The molecule has 2 unspecified atom stereocenters. The van der Waals surface area contributed by atoms with Gasteiger partial charge in [-0.1, -0.05) is 53.5 Å². The number of ether oxygens (including phenoxy) is 3. The second-order valence-corrected chi connectivity index (χ2v) is 21.8. The molecule has 52 heavy (non-hydrogen) atoms. The molecule has 2 atom stereocenters. The van der Waals surface area contributed by atoms with E-state index in [0.29, 0.717) is 35.6 Å². The third-order valence-electron chi connectivity index (χ3n) is 10.6. The molecule has 0 aliphatic carbocycles. The van der Waals surface area contributed by atoms with E-state index in [1.54, 1.807) is 9.36 Å². The molecule has 13 heteroatoms. The molecule has 1 aliphatic rings. The molecule has 3 aromatic heterocycles.